The quantitative estimate of drug-likeness (QED) is 0.262. The molecule has 30 heavy (non-hydrogen) atoms. The van der Waals surface area contributed by atoms with Gasteiger partial charge in [-0.15, -0.1) is 0 Å². The van der Waals surface area contributed by atoms with E-state index in [1.54, 1.807) is 19.5 Å². The molecule has 0 aliphatic rings. The zero-order valence-corrected chi connectivity index (χ0v) is 25.1. The minimum Gasteiger partial charge on any atom is -0.285 e. The zero-order chi connectivity index (χ0) is 24.5. The fraction of sp³-hybridized carbons (Fsp3) is 0.800. The first-order valence-electron chi connectivity index (χ1n) is 10.5. The second-order valence-electron chi connectivity index (χ2n) is 9.99. The van der Waals surface area contributed by atoms with Crippen LogP contribution in [0.25, 0.3) is 0 Å². The fourth-order valence-electron chi connectivity index (χ4n) is 5.26. The van der Waals surface area contributed by atoms with Crippen molar-refractivity contribution in [2.75, 3.05) is 0 Å². The zero-order valence-electron chi connectivity index (χ0n) is 20.5. The van der Waals surface area contributed by atoms with E-state index >= 15 is 0 Å². The van der Waals surface area contributed by atoms with Gasteiger partial charge in [0.15, 0.2) is 0 Å². The standard InChI is InChI=1S/C20H42O6S2Si2/c1-11-12-19(9,10)30(15(4)5,16(6)7)13-18(27(21,22)23)20(29,28(24,25)26)17(8)14(2)3/h13,15-16H,11-12H2,1-10,29H3,(H,21,22,23)(H,24,25,26). The lowest BCUT2D eigenvalue weighted by Crippen LogP contribution is -2.53. The summed E-state index contributed by atoms with van der Waals surface area (Å²) in [6, 6.07) is 0. The maximum Gasteiger partial charge on any atom is 0.291 e. The van der Waals surface area contributed by atoms with Crippen molar-refractivity contribution in [2.24, 2.45) is 0 Å². The average molecular weight is 499 g/mol. The van der Waals surface area contributed by atoms with Crippen molar-refractivity contribution in [2.45, 2.75) is 103 Å². The van der Waals surface area contributed by atoms with Gasteiger partial charge in [-0.3, -0.25) is 9.11 Å². The first kappa shape index (κ1) is 29.7. The van der Waals surface area contributed by atoms with Crippen LogP contribution >= 0.6 is 0 Å². The van der Waals surface area contributed by atoms with Crippen LogP contribution in [0.1, 0.15) is 82.1 Å². The van der Waals surface area contributed by atoms with Crippen molar-refractivity contribution >= 4 is 38.6 Å². The molecule has 6 nitrogen and oxygen atoms in total. The maximum atomic E-state index is 12.7. The van der Waals surface area contributed by atoms with Crippen molar-refractivity contribution in [3.05, 3.63) is 21.8 Å². The van der Waals surface area contributed by atoms with Gasteiger partial charge in [-0.2, -0.15) is 16.8 Å². The van der Waals surface area contributed by atoms with Crippen molar-refractivity contribution in [3.63, 3.8) is 0 Å². The summed E-state index contributed by atoms with van der Waals surface area (Å²) in [4.78, 5) is -0.568. The molecule has 0 aliphatic carbocycles. The van der Waals surface area contributed by atoms with Gasteiger partial charge in [0.2, 0.25) is 0 Å². The molecule has 10 heteroatoms. The highest BCUT2D eigenvalue weighted by Gasteiger charge is 2.55. The topological polar surface area (TPSA) is 109 Å². The highest BCUT2D eigenvalue weighted by Crippen LogP contribution is 2.55. The predicted octanol–water partition coefficient (Wildman–Crippen LogP) is 4.45. The number of hydrogen-bond acceptors (Lipinski definition) is 4. The van der Waals surface area contributed by atoms with Gasteiger partial charge in [-0.1, -0.05) is 78.2 Å². The lowest BCUT2D eigenvalue weighted by molar-refractivity contribution is 0.464. The summed E-state index contributed by atoms with van der Waals surface area (Å²) in [6.07, 6.45) is 1.74. The van der Waals surface area contributed by atoms with Crippen molar-refractivity contribution in [1.29, 1.82) is 0 Å². The van der Waals surface area contributed by atoms with E-state index in [1.807, 2.05) is 27.7 Å². The fourth-order valence-corrected chi connectivity index (χ4v) is 17.4. The Bertz CT molecular complexity index is 888. The summed E-state index contributed by atoms with van der Waals surface area (Å²) in [5.74, 6) is 0. The van der Waals surface area contributed by atoms with Gasteiger partial charge in [0.05, 0.1) is 13.0 Å². The van der Waals surface area contributed by atoms with Gasteiger partial charge in [0.25, 0.3) is 20.2 Å². The summed E-state index contributed by atoms with van der Waals surface area (Å²) in [5, 5.41) is -0.263. The first-order chi connectivity index (χ1) is 13.1. The predicted molar refractivity (Wildman–Crippen MR) is 133 cm³/mol. The molecule has 0 aromatic heterocycles. The Morgan fingerprint density at radius 1 is 1.00 bits per heavy atom. The molecule has 0 rings (SSSR count). The largest absolute Gasteiger partial charge is 0.291 e. The minimum absolute atomic E-state index is 0.0788. The van der Waals surface area contributed by atoms with E-state index in [9.17, 15) is 25.9 Å². The second-order valence-corrected chi connectivity index (χ2v) is 21.2. The van der Waals surface area contributed by atoms with E-state index in [0.29, 0.717) is 5.57 Å². The third-order valence-corrected chi connectivity index (χ3v) is 20.4. The Hall–Kier alpha value is -0.266. The Labute approximate surface area is 188 Å². The van der Waals surface area contributed by atoms with E-state index in [2.05, 4.69) is 20.8 Å². The van der Waals surface area contributed by atoms with Crippen LogP contribution in [-0.4, -0.2) is 48.6 Å². The van der Waals surface area contributed by atoms with Crippen molar-refractivity contribution < 1.29 is 25.9 Å². The summed E-state index contributed by atoms with van der Waals surface area (Å²) < 4.78 is 69.1. The van der Waals surface area contributed by atoms with Crippen LogP contribution in [0.2, 0.25) is 16.1 Å². The molecular weight excluding hydrogens is 457 g/mol. The minimum atomic E-state index is -4.90. The summed E-state index contributed by atoms with van der Waals surface area (Å²) in [6.45, 7) is 19.3. The van der Waals surface area contributed by atoms with E-state index < -0.39 is 37.6 Å². The molecule has 0 heterocycles. The Morgan fingerprint density at radius 3 is 1.63 bits per heavy atom. The molecule has 0 aromatic carbocycles. The maximum absolute atomic E-state index is 12.7. The molecule has 0 radical (unpaired) electrons. The molecule has 0 aliphatic heterocycles. The van der Waals surface area contributed by atoms with Crippen LogP contribution in [-0.2, 0) is 20.2 Å². The Morgan fingerprint density at radius 2 is 1.40 bits per heavy atom. The normalized spacial score (nSPS) is 16.8. The van der Waals surface area contributed by atoms with Crippen molar-refractivity contribution in [3.8, 4) is 0 Å². The van der Waals surface area contributed by atoms with Crippen LogP contribution in [0.15, 0.2) is 21.8 Å². The molecule has 0 aromatic rings. The van der Waals surface area contributed by atoms with E-state index in [-0.39, 0.29) is 31.9 Å². The molecule has 2 N–H and O–H groups in total. The van der Waals surface area contributed by atoms with E-state index in [1.165, 1.54) is 6.92 Å². The summed E-state index contributed by atoms with van der Waals surface area (Å²) in [7, 11) is -12.7. The Kier molecular flexibility index (Phi) is 9.61. The highest BCUT2D eigenvalue weighted by atomic mass is 32.2. The molecular formula is C20H42O6S2Si2. The van der Waals surface area contributed by atoms with Gasteiger partial charge in [-0.25, -0.2) is 0 Å². The van der Waals surface area contributed by atoms with Crippen molar-refractivity contribution in [1.82, 2.24) is 0 Å². The molecule has 178 valence electrons. The Balaban J connectivity index is 7.89. The van der Waals surface area contributed by atoms with Crippen LogP contribution < -0.4 is 0 Å². The van der Waals surface area contributed by atoms with Gasteiger partial charge >= 0.3 is 0 Å². The monoisotopic (exact) mass is 498 g/mol. The number of hydrogen-bond donors (Lipinski definition) is 2. The van der Waals surface area contributed by atoms with Gasteiger partial charge < -0.3 is 0 Å². The smallest absolute Gasteiger partial charge is 0.285 e. The highest BCUT2D eigenvalue weighted by molar-refractivity contribution is 7.94. The molecule has 1 atom stereocenters. The average Bonchev–Trinajstić information content (AvgIpc) is 2.50. The van der Waals surface area contributed by atoms with E-state index in [4.69, 9.17) is 0 Å². The summed E-state index contributed by atoms with van der Waals surface area (Å²) >= 11 is 0. The van der Waals surface area contributed by atoms with E-state index in [0.717, 1.165) is 12.8 Å². The molecule has 0 fully saturated rings. The molecule has 0 spiro atoms. The SMILES string of the molecule is CCCC(C)(C)[Si](C=C(C([SiH3])(C(C)=C(C)C)S(=O)(=O)O)S(=O)(=O)O)(C(C)C)C(C)C. The third kappa shape index (κ3) is 5.37. The molecule has 0 saturated heterocycles. The van der Waals surface area contributed by atoms with Crippen LogP contribution in [0.5, 0.6) is 0 Å². The molecule has 0 bridgehead atoms. The second kappa shape index (κ2) is 9.70. The van der Waals surface area contributed by atoms with Gasteiger partial charge in [0, 0.05) is 10.2 Å². The molecule has 0 amide bonds. The third-order valence-electron chi connectivity index (χ3n) is 7.06. The summed E-state index contributed by atoms with van der Waals surface area (Å²) in [5.41, 5.74) is 2.58. The first-order valence-corrected chi connectivity index (χ1v) is 16.6. The van der Waals surface area contributed by atoms with Crippen LogP contribution in [0.4, 0.5) is 0 Å². The number of allylic oxidation sites excluding steroid dienone is 1. The lowest BCUT2D eigenvalue weighted by atomic mass is 10.1. The van der Waals surface area contributed by atoms with Gasteiger partial charge in [-0.05, 0) is 36.9 Å². The van der Waals surface area contributed by atoms with Crippen LogP contribution in [0, 0.1) is 0 Å². The molecule has 1 unspecified atom stereocenters. The van der Waals surface area contributed by atoms with Gasteiger partial charge in [0.1, 0.15) is 4.37 Å². The lowest BCUT2D eigenvalue weighted by Gasteiger charge is -2.50. The number of rotatable bonds is 10. The van der Waals surface area contributed by atoms with Crippen LogP contribution in [0.3, 0.4) is 0 Å². The molecule has 0 saturated carbocycles.